The van der Waals surface area contributed by atoms with Gasteiger partial charge in [0.2, 0.25) is 17.6 Å². The minimum absolute atomic E-state index is 0.0224. The Bertz CT molecular complexity index is 880. The maximum atomic E-state index is 12.3. The number of benzene rings is 1. The van der Waals surface area contributed by atoms with Gasteiger partial charge in [-0.25, -0.2) is 0 Å². The average Bonchev–Trinajstić information content (AvgIpc) is 3.16. The SMILES string of the molecule is Cc1ccccc1-c1noc(CN2C(=O)CS/C2=C\C(=O)C(C)(C)C)n1. The molecule has 1 aliphatic heterocycles. The minimum Gasteiger partial charge on any atom is -0.337 e. The summed E-state index contributed by atoms with van der Waals surface area (Å²) in [5.41, 5.74) is 1.44. The number of amides is 1. The summed E-state index contributed by atoms with van der Waals surface area (Å²) in [6.45, 7) is 7.69. The molecule has 0 radical (unpaired) electrons. The van der Waals surface area contributed by atoms with Crippen LogP contribution < -0.4 is 0 Å². The Hall–Kier alpha value is -2.41. The molecule has 2 aromatic rings. The number of aromatic nitrogens is 2. The molecular weight excluding hydrogens is 350 g/mol. The number of allylic oxidation sites excluding steroid dienone is 1. The van der Waals surface area contributed by atoms with Crippen molar-refractivity contribution in [2.45, 2.75) is 34.2 Å². The fourth-order valence-electron chi connectivity index (χ4n) is 2.42. The molecule has 0 atom stereocenters. The molecule has 26 heavy (non-hydrogen) atoms. The van der Waals surface area contributed by atoms with Crippen LogP contribution in [0.15, 0.2) is 39.9 Å². The number of hydrogen-bond acceptors (Lipinski definition) is 6. The molecule has 0 unspecified atom stereocenters. The quantitative estimate of drug-likeness (QED) is 0.765. The second-order valence-corrected chi connectivity index (χ2v) is 8.19. The van der Waals surface area contributed by atoms with Crippen LogP contribution in [0.1, 0.15) is 32.2 Å². The smallest absolute Gasteiger partial charge is 0.247 e. The number of carbonyl (C=O) groups is 2. The number of rotatable bonds is 4. The number of carbonyl (C=O) groups excluding carboxylic acids is 2. The zero-order valence-electron chi connectivity index (χ0n) is 15.3. The standard InChI is InChI=1S/C19H21N3O3S/c1-12-7-5-6-8-13(12)18-20-15(25-21-18)10-22-16(24)11-26-17(22)9-14(23)19(2,3)4/h5-9H,10-11H2,1-4H3/b17-9-. The molecule has 0 saturated carbocycles. The zero-order chi connectivity index (χ0) is 18.9. The van der Waals surface area contributed by atoms with Gasteiger partial charge in [-0.2, -0.15) is 4.98 Å². The van der Waals surface area contributed by atoms with E-state index in [-0.39, 0.29) is 18.2 Å². The summed E-state index contributed by atoms with van der Waals surface area (Å²) in [7, 11) is 0. The summed E-state index contributed by atoms with van der Waals surface area (Å²) in [6.07, 6.45) is 1.54. The van der Waals surface area contributed by atoms with Gasteiger partial charge in [0.15, 0.2) is 5.78 Å². The van der Waals surface area contributed by atoms with E-state index in [9.17, 15) is 9.59 Å². The van der Waals surface area contributed by atoms with Gasteiger partial charge in [0.25, 0.3) is 0 Å². The molecule has 136 valence electrons. The predicted molar refractivity (Wildman–Crippen MR) is 100 cm³/mol. The highest BCUT2D eigenvalue weighted by atomic mass is 32.2. The summed E-state index contributed by atoms with van der Waals surface area (Å²) >= 11 is 1.35. The Morgan fingerprint density at radius 1 is 1.35 bits per heavy atom. The largest absolute Gasteiger partial charge is 0.337 e. The van der Waals surface area contributed by atoms with Crippen LogP contribution in [0.3, 0.4) is 0 Å². The van der Waals surface area contributed by atoms with Gasteiger partial charge in [-0.05, 0) is 12.5 Å². The lowest BCUT2D eigenvalue weighted by Gasteiger charge is -2.17. The third kappa shape index (κ3) is 3.88. The maximum Gasteiger partial charge on any atom is 0.247 e. The van der Waals surface area contributed by atoms with E-state index in [1.54, 1.807) is 0 Å². The summed E-state index contributed by atoms with van der Waals surface area (Å²) < 4.78 is 5.33. The van der Waals surface area contributed by atoms with Crippen LogP contribution in [-0.4, -0.2) is 32.5 Å². The fraction of sp³-hybridized carbons (Fsp3) is 0.368. The van der Waals surface area contributed by atoms with Crippen molar-refractivity contribution in [3.05, 3.63) is 46.8 Å². The third-order valence-corrected chi connectivity index (χ3v) is 5.08. The minimum atomic E-state index is -0.493. The van der Waals surface area contributed by atoms with Crippen molar-refractivity contribution in [2.24, 2.45) is 5.41 Å². The van der Waals surface area contributed by atoms with Crippen molar-refractivity contribution in [1.29, 1.82) is 0 Å². The molecule has 0 N–H and O–H groups in total. The van der Waals surface area contributed by atoms with E-state index >= 15 is 0 Å². The molecule has 3 rings (SSSR count). The Kier molecular flexibility index (Phi) is 5.00. The van der Waals surface area contributed by atoms with Gasteiger partial charge in [-0.15, -0.1) is 0 Å². The highest BCUT2D eigenvalue weighted by molar-refractivity contribution is 8.04. The monoisotopic (exact) mass is 371 g/mol. The highest BCUT2D eigenvalue weighted by Crippen LogP contribution is 2.32. The van der Waals surface area contributed by atoms with Crippen molar-refractivity contribution in [3.8, 4) is 11.4 Å². The highest BCUT2D eigenvalue weighted by Gasteiger charge is 2.31. The van der Waals surface area contributed by atoms with Crippen LogP contribution in [0.4, 0.5) is 0 Å². The van der Waals surface area contributed by atoms with Crippen LogP contribution in [0.5, 0.6) is 0 Å². The van der Waals surface area contributed by atoms with E-state index < -0.39 is 5.41 Å². The lowest BCUT2D eigenvalue weighted by Crippen LogP contribution is -2.26. The van der Waals surface area contributed by atoms with Crippen molar-refractivity contribution in [3.63, 3.8) is 0 Å². The Morgan fingerprint density at radius 2 is 2.08 bits per heavy atom. The average molecular weight is 371 g/mol. The van der Waals surface area contributed by atoms with Gasteiger partial charge >= 0.3 is 0 Å². The molecule has 1 fully saturated rings. The van der Waals surface area contributed by atoms with Crippen LogP contribution in [-0.2, 0) is 16.1 Å². The molecule has 1 saturated heterocycles. The number of thioether (sulfide) groups is 1. The molecule has 1 aliphatic rings. The van der Waals surface area contributed by atoms with Crippen molar-refractivity contribution in [1.82, 2.24) is 15.0 Å². The van der Waals surface area contributed by atoms with Gasteiger partial charge in [0.1, 0.15) is 6.54 Å². The first-order chi connectivity index (χ1) is 12.3. The predicted octanol–water partition coefficient (Wildman–Crippen LogP) is 3.58. The lowest BCUT2D eigenvalue weighted by molar-refractivity contribution is -0.126. The van der Waals surface area contributed by atoms with Crippen molar-refractivity contribution >= 4 is 23.5 Å². The lowest BCUT2D eigenvalue weighted by atomic mass is 9.91. The zero-order valence-corrected chi connectivity index (χ0v) is 16.1. The molecule has 0 aliphatic carbocycles. The van der Waals surface area contributed by atoms with E-state index in [1.165, 1.54) is 22.7 Å². The van der Waals surface area contributed by atoms with Gasteiger partial charge in [0.05, 0.1) is 10.8 Å². The molecule has 0 bridgehead atoms. The van der Waals surface area contributed by atoms with Crippen molar-refractivity contribution in [2.75, 3.05) is 5.75 Å². The molecule has 1 aromatic heterocycles. The van der Waals surface area contributed by atoms with Crippen LogP contribution in [0, 0.1) is 12.3 Å². The number of hydrogen-bond donors (Lipinski definition) is 0. The van der Waals surface area contributed by atoms with E-state index in [0.29, 0.717) is 22.5 Å². The molecule has 6 nitrogen and oxygen atoms in total. The van der Waals surface area contributed by atoms with Gasteiger partial charge in [-0.3, -0.25) is 14.5 Å². The maximum absolute atomic E-state index is 12.3. The van der Waals surface area contributed by atoms with Gasteiger partial charge in [0, 0.05) is 17.1 Å². The Labute approximate surface area is 156 Å². The third-order valence-electron chi connectivity index (χ3n) is 4.05. The van der Waals surface area contributed by atoms with Crippen LogP contribution in [0.2, 0.25) is 0 Å². The molecule has 2 heterocycles. The molecular formula is C19H21N3O3S. The van der Waals surface area contributed by atoms with Gasteiger partial charge in [-0.1, -0.05) is 62.0 Å². The summed E-state index contributed by atoms with van der Waals surface area (Å²) in [6, 6.07) is 7.76. The summed E-state index contributed by atoms with van der Waals surface area (Å²) in [5.74, 6) is 1.05. The van der Waals surface area contributed by atoms with E-state index in [4.69, 9.17) is 4.52 Å². The first-order valence-corrected chi connectivity index (χ1v) is 9.32. The summed E-state index contributed by atoms with van der Waals surface area (Å²) in [5, 5.41) is 4.65. The Morgan fingerprint density at radius 3 is 2.77 bits per heavy atom. The molecule has 7 heteroatoms. The van der Waals surface area contributed by atoms with Crippen LogP contribution in [0.25, 0.3) is 11.4 Å². The van der Waals surface area contributed by atoms with E-state index in [0.717, 1.165) is 11.1 Å². The Balaban J connectivity index is 1.81. The topological polar surface area (TPSA) is 76.3 Å². The molecule has 1 amide bonds. The normalized spacial score (nSPS) is 16.5. The molecule has 1 aromatic carbocycles. The van der Waals surface area contributed by atoms with Crippen LogP contribution >= 0.6 is 11.8 Å². The fourth-order valence-corrected chi connectivity index (χ4v) is 3.36. The number of ketones is 1. The van der Waals surface area contributed by atoms with E-state index in [1.807, 2.05) is 52.0 Å². The first kappa shape index (κ1) is 18.4. The van der Waals surface area contributed by atoms with Gasteiger partial charge < -0.3 is 4.52 Å². The molecule has 0 spiro atoms. The summed E-state index contributed by atoms with van der Waals surface area (Å²) in [4.78, 5) is 30.4. The number of aryl methyl sites for hydroxylation is 1. The second kappa shape index (κ2) is 7.07. The first-order valence-electron chi connectivity index (χ1n) is 8.33. The number of nitrogens with zero attached hydrogens (tertiary/aromatic N) is 3. The van der Waals surface area contributed by atoms with Crippen molar-refractivity contribution < 1.29 is 14.1 Å². The second-order valence-electron chi connectivity index (χ2n) is 7.19. The van der Waals surface area contributed by atoms with E-state index in [2.05, 4.69) is 10.1 Å².